The first kappa shape index (κ1) is 20.3. The second-order valence-electron chi connectivity index (χ2n) is 7.25. The van der Waals surface area contributed by atoms with Crippen LogP contribution in [-0.4, -0.2) is 43.7 Å². The van der Waals surface area contributed by atoms with Crippen LogP contribution in [0.2, 0.25) is 4.34 Å². The Morgan fingerprint density at radius 1 is 1.21 bits per heavy atom. The first-order chi connectivity index (χ1) is 14.0. The van der Waals surface area contributed by atoms with E-state index < -0.39 is 23.2 Å². The minimum atomic E-state index is -1.26. The van der Waals surface area contributed by atoms with E-state index in [1.165, 1.54) is 6.07 Å². The number of benzene rings is 1. The molecule has 3 N–H and O–H groups in total. The molecule has 1 aromatic heterocycles. The quantitative estimate of drug-likeness (QED) is 0.687. The lowest BCUT2D eigenvalue weighted by atomic mass is 9.96. The van der Waals surface area contributed by atoms with Crippen LogP contribution < -0.4 is 16.0 Å². The Labute approximate surface area is 176 Å². The summed E-state index contributed by atoms with van der Waals surface area (Å²) in [5.74, 6) is -1.38. The number of rotatable bonds is 4. The fraction of sp³-hybridized carbons (Fsp3) is 0.400. The number of thiophene rings is 1. The van der Waals surface area contributed by atoms with Gasteiger partial charge < -0.3 is 20.7 Å². The highest BCUT2D eigenvalue weighted by Gasteiger charge is 2.44. The zero-order valence-corrected chi connectivity index (χ0v) is 17.2. The molecule has 2 amide bonds. The van der Waals surface area contributed by atoms with Gasteiger partial charge in [0.25, 0.3) is 11.8 Å². The van der Waals surface area contributed by atoms with Gasteiger partial charge in [0.15, 0.2) is 0 Å². The fourth-order valence-electron chi connectivity index (χ4n) is 3.65. The molecule has 1 atom stereocenters. The van der Waals surface area contributed by atoms with Gasteiger partial charge in [-0.25, -0.2) is 4.39 Å². The van der Waals surface area contributed by atoms with Gasteiger partial charge in [-0.3, -0.25) is 9.59 Å². The third-order valence-corrected chi connectivity index (χ3v) is 6.52. The van der Waals surface area contributed by atoms with Crippen LogP contribution in [0.25, 0.3) is 0 Å². The molecule has 0 saturated carbocycles. The first-order valence-corrected chi connectivity index (χ1v) is 10.7. The normalized spacial score (nSPS) is 21.3. The maximum Gasteiger partial charge on any atom is 0.262 e. The molecule has 0 bridgehead atoms. The summed E-state index contributed by atoms with van der Waals surface area (Å²) in [6.07, 6.45) is 1.82. The van der Waals surface area contributed by atoms with Crippen LogP contribution in [0, 0.1) is 5.82 Å². The molecule has 29 heavy (non-hydrogen) atoms. The smallest absolute Gasteiger partial charge is 0.262 e. The second-order valence-corrected chi connectivity index (χ2v) is 8.96. The number of carbonyl (C=O) groups excluding carboxylic acids is 2. The lowest BCUT2D eigenvalue weighted by Crippen LogP contribution is -2.57. The van der Waals surface area contributed by atoms with Gasteiger partial charge in [0.05, 0.1) is 21.5 Å². The number of hydrogen-bond donors (Lipinski definition) is 3. The lowest BCUT2D eigenvalue weighted by molar-refractivity contribution is -0.122. The highest BCUT2D eigenvalue weighted by atomic mass is 35.5. The van der Waals surface area contributed by atoms with Crippen LogP contribution in [0.1, 0.15) is 27.2 Å². The SMILES string of the molecule is O=C(N[C@@]1(C(=O)Nc2cc3c(cc2F)CCNCC3)CCOC1)c1ccc(Cl)s1. The Balaban J connectivity index is 1.55. The Bertz CT molecular complexity index is 943. The number of carbonyl (C=O) groups is 2. The van der Waals surface area contributed by atoms with Gasteiger partial charge in [-0.1, -0.05) is 11.6 Å². The summed E-state index contributed by atoms with van der Waals surface area (Å²) in [6.45, 7) is 1.97. The summed E-state index contributed by atoms with van der Waals surface area (Å²) in [5.41, 5.74) is 0.831. The molecule has 4 rings (SSSR count). The third kappa shape index (κ3) is 4.30. The van der Waals surface area contributed by atoms with E-state index in [1.54, 1.807) is 18.2 Å². The number of amides is 2. The van der Waals surface area contributed by atoms with Crippen molar-refractivity contribution in [2.75, 3.05) is 31.6 Å². The van der Waals surface area contributed by atoms with Gasteiger partial charge in [-0.05, 0) is 61.3 Å². The molecule has 9 heteroatoms. The lowest BCUT2D eigenvalue weighted by Gasteiger charge is -2.27. The molecule has 0 spiro atoms. The van der Waals surface area contributed by atoms with Gasteiger partial charge in [0, 0.05) is 13.0 Å². The molecule has 3 heterocycles. The maximum atomic E-state index is 14.6. The average molecular weight is 438 g/mol. The van der Waals surface area contributed by atoms with Crippen molar-refractivity contribution in [1.82, 2.24) is 10.6 Å². The van der Waals surface area contributed by atoms with Gasteiger partial charge in [0.2, 0.25) is 0 Å². The van der Waals surface area contributed by atoms with E-state index in [-0.39, 0.29) is 12.3 Å². The van der Waals surface area contributed by atoms with Crippen molar-refractivity contribution in [3.8, 4) is 0 Å². The van der Waals surface area contributed by atoms with E-state index in [4.69, 9.17) is 16.3 Å². The van der Waals surface area contributed by atoms with Crippen molar-refractivity contribution in [2.45, 2.75) is 24.8 Å². The summed E-state index contributed by atoms with van der Waals surface area (Å²) in [5, 5.41) is 8.73. The number of ether oxygens (including phenoxy) is 1. The highest BCUT2D eigenvalue weighted by Crippen LogP contribution is 2.27. The number of nitrogens with one attached hydrogen (secondary N) is 3. The van der Waals surface area contributed by atoms with Crippen LogP contribution in [0.15, 0.2) is 24.3 Å². The van der Waals surface area contributed by atoms with E-state index in [9.17, 15) is 14.0 Å². The Morgan fingerprint density at radius 3 is 2.62 bits per heavy atom. The van der Waals surface area contributed by atoms with Crippen molar-refractivity contribution in [2.24, 2.45) is 0 Å². The van der Waals surface area contributed by atoms with Crippen molar-refractivity contribution >= 4 is 40.4 Å². The summed E-state index contributed by atoms with van der Waals surface area (Å²) in [4.78, 5) is 26.1. The molecule has 2 aromatic rings. The van der Waals surface area contributed by atoms with Crippen LogP contribution >= 0.6 is 22.9 Å². The number of fused-ring (bicyclic) bond motifs is 1. The molecule has 1 saturated heterocycles. The maximum absolute atomic E-state index is 14.6. The number of hydrogen-bond acceptors (Lipinski definition) is 5. The molecular weight excluding hydrogens is 417 g/mol. The third-order valence-electron chi connectivity index (χ3n) is 5.29. The fourth-order valence-corrected chi connectivity index (χ4v) is 4.59. The topological polar surface area (TPSA) is 79.5 Å². The number of halogens is 2. The van der Waals surface area contributed by atoms with E-state index in [0.717, 1.165) is 48.4 Å². The molecule has 1 fully saturated rings. The minimum absolute atomic E-state index is 0.0279. The zero-order chi connectivity index (χ0) is 20.4. The first-order valence-electron chi connectivity index (χ1n) is 9.46. The summed E-state index contributed by atoms with van der Waals surface area (Å²) >= 11 is 7.03. The Hall–Kier alpha value is -2.00. The van der Waals surface area contributed by atoms with E-state index in [2.05, 4.69) is 16.0 Å². The zero-order valence-electron chi connectivity index (χ0n) is 15.6. The molecule has 2 aliphatic heterocycles. The van der Waals surface area contributed by atoms with Gasteiger partial charge >= 0.3 is 0 Å². The predicted octanol–water partition coefficient (Wildman–Crippen LogP) is 2.76. The minimum Gasteiger partial charge on any atom is -0.378 e. The molecule has 6 nitrogen and oxygen atoms in total. The van der Waals surface area contributed by atoms with Crippen molar-refractivity contribution in [3.63, 3.8) is 0 Å². The van der Waals surface area contributed by atoms with Gasteiger partial charge in [0.1, 0.15) is 11.4 Å². The predicted molar refractivity (Wildman–Crippen MR) is 110 cm³/mol. The summed E-state index contributed by atoms with van der Waals surface area (Å²) in [6, 6.07) is 6.41. The van der Waals surface area contributed by atoms with E-state index in [0.29, 0.717) is 22.2 Å². The summed E-state index contributed by atoms with van der Waals surface area (Å²) in [7, 11) is 0. The van der Waals surface area contributed by atoms with Gasteiger partial charge in [-0.15, -0.1) is 11.3 Å². The monoisotopic (exact) mass is 437 g/mol. The summed E-state index contributed by atoms with van der Waals surface area (Å²) < 4.78 is 20.5. The molecule has 2 aliphatic rings. The molecule has 0 aliphatic carbocycles. The molecule has 1 aromatic carbocycles. The largest absolute Gasteiger partial charge is 0.378 e. The van der Waals surface area contributed by atoms with Crippen LogP contribution in [0.3, 0.4) is 0 Å². The van der Waals surface area contributed by atoms with E-state index >= 15 is 0 Å². The molecule has 154 valence electrons. The number of anilines is 1. The van der Waals surface area contributed by atoms with Crippen molar-refractivity contribution in [3.05, 3.63) is 50.4 Å². The second kappa shape index (κ2) is 8.39. The van der Waals surface area contributed by atoms with Crippen molar-refractivity contribution < 1.29 is 18.7 Å². The molecule has 0 radical (unpaired) electrons. The van der Waals surface area contributed by atoms with Gasteiger partial charge in [-0.2, -0.15) is 0 Å². The van der Waals surface area contributed by atoms with Crippen LogP contribution in [0.4, 0.5) is 10.1 Å². The van der Waals surface area contributed by atoms with E-state index in [1.807, 2.05) is 0 Å². The van der Waals surface area contributed by atoms with Crippen molar-refractivity contribution in [1.29, 1.82) is 0 Å². The van der Waals surface area contributed by atoms with Crippen LogP contribution in [0.5, 0.6) is 0 Å². The Morgan fingerprint density at radius 2 is 1.97 bits per heavy atom. The standard InChI is InChI=1S/C20H21ClFN3O3S/c21-17-2-1-16(29-17)18(26)25-20(5-8-28-11-20)19(27)24-15-10-13-4-7-23-6-3-12(13)9-14(15)22/h1-2,9-10,23H,3-8,11H2,(H,24,27)(H,25,26)/t20-/m0/s1. The molecule has 0 unspecified atom stereocenters. The Kier molecular flexibility index (Phi) is 5.87. The highest BCUT2D eigenvalue weighted by molar-refractivity contribution is 7.18. The average Bonchev–Trinajstić information content (AvgIpc) is 3.28. The molecular formula is C20H21ClFN3O3S. The van der Waals surface area contributed by atoms with Crippen LogP contribution in [-0.2, 0) is 22.4 Å².